The van der Waals surface area contributed by atoms with Crippen molar-refractivity contribution in [2.45, 2.75) is 59.3 Å². The first kappa shape index (κ1) is 21.2. The summed E-state index contributed by atoms with van der Waals surface area (Å²) in [7, 11) is 1.61. The average Bonchev–Trinajstić information content (AvgIpc) is 2.67. The van der Waals surface area contributed by atoms with Crippen LogP contribution < -0.4 is 4.74 Å². The van der Waals surface area contributed by atoms with Gasteiger partial charge >= 0.3 is 0 Å². The van der Waals surface area contributed by atoms with Gasteiger partial charge in [-0.05, 0) is 42.4 Å². The van der Waals surface area contributed by atoms with Crippen molar-refractivity contribution in [3.8, 4) is 5.75 Å². The Balaban J connectivity index is 1.81. The van der Waals surface area contributed by atoms with Crippen LogP contribution in [0.15, 0.2) is 48.5 Å². The molecular formula is C25H34O2. The maximum atomic E-state index is 12.6. The molecule has 0 heterocycles. The molecule has 0 saturated carbocycles. The molecular weight excluding hydrogens is 332 g/mol. The standard InChI is InChI=1S/C25H34O2/c1-19(2)8-5-9-20(3)10-6-11-21-14-16-22(17-15-21)25(26)23-12-7-13-24(18-23)27-4/h7,12-20H,5-6,8-11H2,1-4H3/t20-/m1/s1. The van der Waals surface area contributed by atoms with Gasteiger partial charge in [0.25, 0.3) is 0 Å². The van der Waals surface area contributed by atoms with Gasteiger partial charge in [0.1, 0.15) is 5.75 Å². The molecule has 146 valence electrons. The molecule has 2 aromatic rings. The van der Waals surface area contributed by atoms with Crippen molar-refractivity contribution in [2.24, 2.45) is 11.8 Å². The van der Waals surface area contributed by atoms with E-state index >= 15 is 0 Å². The van der Waals surface area contributed by atoms with Crippen LogP contribution in [0.3, 0.4) is 0 Å². The summed E-state index contributed by atoms with van der Waals surface area (Å²) in [6.07, 6.45) is 7.61. The van der Waals surface area contributed by atoms with Crippen LogP contribution in [0.25, 0.3) is 0 Å². The Bertz CT molecular complexity index is 701. The van der Waals surface area contributed by atoms with E-state index in [0.717, 1.165) is 23.8 Å². The van der Waals surface area contributed by atoms with E-state index in [-0.39, 0.29) is 5.78 Å². The molecule has 2 nitrogen and oxygen atoms in total. The van der Waals surface area contributed by atoms with Crippen molar-refractivity contribution in [3.63, 3.8) is 0 Å². The second-order valence-corrected chi connectivity index (χ2v) is 8.08. The summed E-state index contributed by atoms with van der Waals surface area (Å²) in [6.45, 7) is 6.97. The first-order valence-corrected chi connectivity index (χ1v) is 10.3. The Kier molecular flexibility index (Phi) is 8.57. The number of hydrogen-bond acceptors (Lipinski definition) is 2. The molecule has 2 rings (SSSR count). The lowest BCUT2D eigenvalue weighted by atomic mass is 9.94. The number of rotatable bonds is 11. The molecule has 27 heavy (non-hydrogen) atoms. The molecule has 0 aliphatic rings. The van der Waals surface area contributed by atoms with Crippen LogP contribution in [0.2, 0.25) is 0 Å². The van der Waals surface area contributed by atoms with Gasteiger partial charge < -0.3 is 4.74 Å². The summed E-state index contributed by atoms with van der Waals surface area (Å²) >= 11 is 0. The van der Waals surface area contributed by atoms with Gasteiger partial charge in [0.15, 0.2) is 5.78 Å². The maximum Gasteiger partial charge on any atom is 0.193 e. The predicted octanol–water partition coefficient (Wildman–Crippen LogP) is 6.71. The molecule has 0 unspecified atom stereocenters. The molecule has 0 spiro atoms. The van der Waals surface area contributed by atoms with Crippen LogP contribution in [0.4, 0.5) is 0 Å². The van der Waals surface area contributed by atoms with E-state index in [0.29, 0.717) is 11.3 Å². The highest BCUT2D eigenvalue weighted by atomic mass is 16.5. The lowest BCUT2D eigenvalue weighted by Gasteiger charge is -2.12. The Morgan fingerprint density at radius 2 is 1.59 bits per heavy atom. The SMILES string of the molecule is COc1cccc(C(=O)c2ccc(CCC[C@H](C)CCCC(C)C)cc2)c1. The lowest BCUT2D eigenvalue weighted by molar-refractivity contribution is 0.103. The summed E-state index contributed by atoms with van der Waals surface area (Å²) in [5, 5.41) is 0. The van der Waals surface area contributed by atoms with E-state index in [1.165, 1.54) is 37.7 Å². The third-order valence-electron chi connectivity index (χ3n) is 5.19. The van der Waals surface area contributed by atoms with Gasteiger partial charge in [0.05, 0.1) is 7.11 Å². The number of aryl methyl sites for hydroxylation is 1. The summed E-state index contributed by atoms with van der Waals surface area (Å²) < 4.78 is 5.21. The molecule has 0 radical (unpaired) electrons. The van der Waals surface area contributed by atoms with Crippen molar-refractivity contribution in [3.05, 3.63) is 65.2 Å². The molecule has 0 fully saturated rings. The maximum absolute atomic E-state index is 12.6. The van der Waals surface area contributed by atoms with Crippen LogP contribution in [0.1, 0.15) is 74.4 Å². The van der Waals surface area contributed by atoms with Gasteiger partial charge in [-0.25, -0.2) is 0 Å². The fourth-order valence-electron chi connectivity index (χ4n) is 3.43. The number of ketones is 1. The Labute approximate surface area is 165 Å². The fourth-order valence-corrected chi connectivity index (χ4v) is 3.43. The second kappa shape index (κ2) is 10.9. The van der Waals surface area contributed by atoms with E-state index in [2.05, 4.69) is 32.9 Å². The Morgan fingerprint density at radius 3 is 2.26 bits per heavy atom. The molecule has 0 amide bonds. The molecule has 2 heteroatoms. The van der Waals surface area contributed by atoms with Crippen LogP contribution in [-0.2, 0) is 6.42 Å². The predicted molar refractivity (Wildman–Crippen MR) is 114 cm³/mol. The first-order chi connectivity index (χ1) is 13.0. The van der Waals surface area contributed by atoms with Crippen molar-refractivity contribution >= 4 is 5.78 Å². The largest absolute Gasteiger partial charge is 0.497 e. The monoisotopic (exact) mass is 366 g/mol. The number of benzene rings is 2. The minimum Gasteiger partial charge on any atom is -0.497 e. The van der Waals surface area contributed by atoms with Gasteiger partial charge in [-0.2, -0.15) is 0 Å². The highest BCUT2D eigenvalue weighted by Crippen LogP contribution is 2.20. The molecule has 0 aliphatic heterocycles. The second-order valence-electron chi connectivity index (χ2n) is 8.08. The average molecular weight is 367 g/mol. The van der Waals surface area contributed by atoms with E-state index in [9.17, 15) is 4.79 Å². The van der Waals surface area contributed by atoms with Crippen LogP contribution >= 0.6 is 0 Å². The van der Waals surface area contributed by atoms with E-state index < -0.39 is 0 Å². The number of carbonyl (C=O) groups excluding carboxylic acids is 1. The van der Waals surface area contributed by atoms with Gasteiger partial charge in [-0.15, -0.1) is 0 Å². The zero-order valence-corrected chi connectivity index (χ0v) is 17.3. The van der Waals surface area contributed by atoms with Gasteiger partial charge in [-0.3, -0.25) is 4.79 Å². The molecule has 1 atom stereocenters. The Hall–Kier alpha value is -2.09. The highest BCUT2D eigenvalue weighted by molar-refractivity contribution is 6.09. The van der Waals surface area contributed by atoms with Gasteiger partial charge in [0, 0.05) is 11.1 Å². The van der Waals surface area contributed by atoms with Gasteiger partial charge in [-0.1, -0.05) is 82.9 Å². The fraction of sp³-hybridized carbons (Fsp3) is 0.480. The molecule has 0 aromatic heterocycles. The van der Waals surface area contributed by atoms with Crippen molar-refractivity contribution in [1.82, 2.24) is 0 Å². The van der Waals surface area contributed by atoms with Crippen molar-refractivity contribution in [1.29, 1.82) is 0 Å². The van der Waals surface area contributed by atoms with Crippen LogP contribution in [0.5, 0.6) is 5.75 Å². The van der Waals surface area contributed by atoms with E-state index in [1.807, 2.05) is 30.3 Å². The summed E-state index contributed by atoms with van der Waals surface area (Å²) in [5.41, 5.74) is 2.71. The van der Waals surface area contributed by atoms with Crippen LogP contribution in [0, 0.1) is 11.8 Å². The van der Waals surface area contributed by atoms with Crippen LogP contribution in [-0.4, -0.2) is 12.9 Å². The quantitative estimate of drug-likeness (QED) is 0.413. The van der Waals surface area contributed by atoms with Gasteiger partial charge in [0.2, 0.25) is 0 Å². The minimum atomic E-state index is 0.0409. The molecule has 0 saturated heterocycles. The van der Waals surface area contributed by atoms with E-state index in [1.54, 1.807) is 13.2 Å². The zero-order valence-electron chi connectivity index (χ0n) is 17.3. The van der Waals surface area contributed by atoms with Crippen molar-refractivity contribution < 1.29 is 9.53 Å². The molecule has 0 aliphatic carbocycles. The number of methoxy groups -OCH3 is 1. The topological polar surface area (TPSA) is 26.3 Å². The molecule has 2 aromatic carbocycles. The highest BCUT2D eigenvalue weighted by Gasteiger charge is 2.10. The summed E-state index contributed by atoms with van der Waals surface area (Å²) in [6, 6.07) is 15.4. The van der Waals surface area contributed by atoms with E-state index in [4.69, 9.17) is 4.74 Å². The number of ether oxygens (including phenoxy) is 1. The smallest absolute Gasteiger partial charge is 0.193 e. The molecule has 0 N–H and O–H groups in total. The third kappa shape index (κ3) is 7.21. The lowest BCUT2D eigenvalue weighted by Crippen LogP contribution is -2.02. The minimum absolute atomic E-state index is 0.0409. The normalized spacial score (nSPS) is 12.2. The summed E-state index contributed by atoms with van der Waals surface area (Å²) in [4.78, 5) is 12.6. The number of carbonyl (C=O) groups is 1. The first-order valence-electron chi connectivity index (χ1n) is 10.3. The molecule has 0 bridgehead atoms. The van der Waals surface area contributed by atoms with Crippen molar-refractivity contribution in [2.75, 3.05) is 7.11 Å². The third-order valence-corrected chi connectivity index (χ3v) is 5.19. The number of hydrogen-bond donors (Lipinski definition) is 0. The zero-order chi connectivity index (χ0) is 19.6. The Morgan fingerprint density at radius 1 is 0.889 bits per heavy atom. The summed E-state index contributed by atoms with van der Waals surface area (Å²) in [5.74, 6) is 2.37.